The minimum Gasteiger partial charge on any atom is -0.338 e. The van der Waals surface area contributed by atoms with Crippen molar-refractivity contribution in [1.29, 1.82) is 0 Å². The molecule has 2 atom stereocenters. The summed E-state index contributed by atoms with van der Waals surface area (Å²) in [5.41, 5.74) is 1.18. The Balaban J connectivity index is 1.64. The lowest BCUT2D eigenvalue weighted by molar-refractivity contribution is -0.135. The predicted octanol–water partition coefficient (Wildman–Crippen LogP) is 0.201. The molecule has 3 rings (SSSR count). The number of hydrogen-bond donors (Lipinski definition) is 0. The lowest BCUT2D eigenvalue weighted by Gasteiger charge is -2.29. The van der Waals surface area contributed by atoms with Crippen LogP contribution in [0.3, 0.4) is 0 Å². The van der Waals surface area contributed by atoms with Gasteiger partial charge in [-0.2, -0.15) is 0 Å². The third-order valence-electron chi connectivity index (χ3n) is 4.80. The van der Waals surface area contributed by atoms with E-state index in [9.17, 15) is 18.0 Å². The molecule has 0 unspecified atom stereocenters. The molecule has 0 spiro atoms. The van der Waals surface area contributed by atoms with E-state index in [-0.39, 0.29) is 41.7 Å². The second-order valence-electron chi connectivity index (χ2n) is 6.60. The maximum atomic E-state index is 12.6. The van der Waals surface area contributed by atoms with Gasteiger partial charge >= 0.3 is 0 Å². The van der Waals surface area contributed by atoms with Crippen LogP contribution in [0.25, 0.3) is 0 Å². The van der Waals surface area contributed by atoms with Crippen LogP contribution in [-0.4, -0.2) is 67.2 Å². The molecule has 2 saturated heterocycles. The first-order chi connectivity index (χ1) is 10.4. The number of carbonyl (C=O) groups excluding carboxylic acids is 2. The van der Waals surface area contributed by atoms with E-state index in [2.05, 4.69) is 6.08 Å². The monoisotopic (exact) mass is 326 g/mol. The molecule has 3 aliphatic rings. The van der Waals surface area contributed by atoms with E-state index in [0.717, 1.165) is 6.42 Å². The zero-order valence-electron chi connectivity index (χ0n) is 12.8. The van der Waals surface area contributed by atoms with Crippen LogP contribution in [0.2, 0.25) is 0 Å². The van der Waals surface area contributed by atoms with Crippen LogP contribution in [0.15, 0.2) is 11.6 Å². The summed E-state index contributed by atoms with van der Waals surface area (Å²) in [4.78, 5) is 28.2. The second kappa shape index (κ2) is 5.68. The number of nitrogens with zero attached hydrogens (tertiary/aromatic N) is 2. The highest BCUT2D eigenvalue weighted by Gasteiger charge is 2.42. The van der Waals surface area contributed by atoms with E-state index >= 15 is 0 Å². The van der Waals surface area contributed by atoms with E-state index in [1.165, 1.54) is 5.57 Å². The predicted molar refractivity (Wildman–Crippen MR) is 81.8 cm³/mol. The highest BCUT2D eigenvalue weighted by molar-refractivity contribution is 7.91. The Kier molecular flexibility index (Phi) is 4.01. The lowest BCUT2D eigenvalue weighted by atomic mass is 10.0. The molecule has 0 saturated carbocycles. The SMILES string of the molecule is CC1=CCCN(C(=O)[C@@H]2CC(=O)N([C@@H]3CCS(=O)(=O)C3)C2)C1. The molecule has 2 fully saturated rings. The molecule has 0 bridgehead atoms. The molecule has 3 heterocycles. The van der Waals surface area contributed by atoms with Crippen molar-refractivity contribution >= 4 is 21.7 Å². The van der Waals surface area contributed by atoms with Crippen LogP contribution >= 0.6 is 0 Å². The molecule has 0 N–H and O–H groups in total. The standard InChI is InChI=1S/C15H22N2O4S/c1-11-3-2-5-16(8-11)15(19)12-7-14(18)17(9-12)13-4-6-22(20,21)10-13/h3,12-13H,2,4-10H2,1H3/t12-,13-/m1/s1. The van der Waals surface area contributed by atoms with E-state index < -0.39 is 9.84 Å². The fourth-order valence-electron chi connectivity index (χ4n) is 3.63. The van der Waals surface area contributed by atoms with Gasteiger partial charge in [0.25, 0.3) is 0 Å². The maximum absolute atomic E-state index is 12.6. The number of likely N-dealkylation sites (tertiary alicyclic amines) is 1. The van der Waals surface area contributed by atoms with Gasteiger partial charge in [-0.15, -0.1) is 0 Å². The molecule has 0 aromatic rings. The Labute approximate surface area is 131 Å². The fourth-order valence-corrected chi connectivity index (χ4v) is 5.36. The molecule has 22 heavy (non-hydrogen) atoms. The molecule has 0 aromatic carbocycles. The van der Waals surface area contributed by atoms with Crippen molar-refractivity contribution in [3.63, 3.8) is 0 Å². The summed E-state index contributed by atoms with van der Waals surface area (Å²) in [6.45, 7) is 3.73. The van der Waals surface area contributed by atoms with Gasteiger partial charge in [-0.3, -0.25) is 9.59 Å². The van der Waals surface area contributed by atoms with E-state index in [0.29, 0.717) is 26.1 Å². The summed E-state index contributed by atoms with van der Waals surface area (Å²) in [5.74, 6) is -0.169. The van der Waals surface area contributed by atoms with Crippen LogP contribution in [0, 0.1) is 5.92 Å². The van der Waals surface area contributed by atoms with Crippen molar-refractivity contribution in [3.8, 4) is 0 Å². The number of sulfone groups is 1. The third kappa shape index (κ3) is 3.04. The van der Waals surface area contributed by atoms with Crippen molar-refractivity contribution < 1.29 is 18.0 Å². The summed E-state index contributed by atoms with van der Waals surface area (Å²) in [6.07, 6.45) is 3.72. The van der Waals surface area contributed by atoms with Gasteiger partial charge in [0.05, 0.1) is 17.4 Å². The van der Waals surface area contributed by atoms with Gasteiger partial charge in [-0.1, -0.05) is 11.6 Å². The molecular weight excluding hydrogens is 304 g/mol. The Morgan fingerprint density at radius 1 is 1.36 bits per heavy atom. The van der Waals surface area contributed by atoms with Gasteiger partial charge < -0.3 is 9.80 Å². The summed E-state index contributed by atoms with van der Waals surface area (Å²) >= 11 is 0. The van der Waals surface area contributed by atoms with Crippen molar-refractivity contribution in [3.05, 3.63) is 11.6 Å². The van der Waals surface area contributed by atoms with Crippen LogP contribution in [0.4, 0.5) is 0 Å². The van der Waals surface area contributed by atoms with Crippen molar-refractivity contribution in [2.75, 3.05) is 31.1 Å². The smallest absolute Gasteiger partial charge is 0.228 e. The number of carbonyl (C=O) groups is 2. The Morgan fingerprint density at radius 3 is 2.77 bits per heavy atom. The minimum atomic E-state index is -3.02. The summed E-state index contributed by atoms with van der Waals surface area (Å²) in [5, 5.41) is 0. The van der Waals surface area contributed by atoms with E-state index in [1.54, 1.807) is 4.90 Å². The highest BCUT2D eigenvalue weighted by Crippen LogP contribution is 2.27. The molecule has 7 heteroatoms. The Bertz CT molecular complexity index is 625. The lowest BCUT2D eigenvalue weighted by Crippen LogP contribution is -2.42. The molecule has 6 nitrogen and oxygen atoms in total. The summed E-state index contributed by atoms with van der Waals surface area (Å²) in [7, 11) is -3.02. The van der Waals surface area contributed by atoms with Crippen LogP contribution < -0.4 is 0 Å². The van der Waals surface area contributed by atoms with Crippen molar-refractivity contribution in [2.45, 2.75) is 32.2 Å². The van der Waals surface area contributed by atoms with Gasteiger partial charge in [-0.25, -0.2) is 8.42 Å². The molecule has 0 aromatic heterocycles. The average molecular weight is 326 g/mol. The van der Waals surface area contributed by atoms with Gasteiger partial charge in [0, 0.05) is 32.1 Å². The van der Waals surface area contributed by atoms with Crippen LogP contribution in [0.1, 0.15) is 26.2 Å². The second-order valence-corrected chi connectivity index (χ2v) is 8.83. The van der Waals surface area contributed by atoms with Crippen molar-refractivity contribution in [1.82, 2.24) is 9.80 Å². The zero-order valence-corrected chi connectivity index (χ0v) is 13.6. The largest absolute Gasteiger partial charge is 0.338 e. The molecule has 0 radical (unpaired) electrons. The van der Waals surface area contributed by atoms with E-state index in [4.69, 9.17) is 0 Å². The topological polar surface area (TPSA) is 74.8 Å². The van der Waals surface area contributed by atoms with Crippen LogP contribution in [0.5, 0.6) is 0 Å². The van der Waals surface area contributed by atoms with Crippen molar-refractivity contribution in [2.24, 2.45) is 5.92 Å². The Morgan fingerprint density at radius 2 is 2.14 bits per heavy atom. The third-order valence-corrected chi connectivity index (χ3v) is 6.55. The van der Waals surface area contributed by atoms with Gasteiger partial charge in [0.2, 0.25) is 11.8 Å². The molecule has 0 aliphatic carbocycles. The van der Waals surface area contributed by atoms with Gasteiger partial charge in [-0.05, 0) is 19.8 Å². The molecule has 2 amide bonds. The molecule has 122 valence electrons. The first kappa shape index (κ1) is 15.5. The Hall–Kier alpha value is -1.37. The quantitative estimate of drug-likeness (QED) is 0.680. The van der Waals surface area contributed by atoms with E-state index in [1.807, 2.05) is 11.8 Å². The maximum Gasteiger partial charge on any atom is 0.228 e. The number of rotatable bonds is 2. The average Bonchev–Trinajstić information content (AvgIpc) is 3.00. The summed E-state index contributed by atoms with van der Waals surface area (Å²) < 4.78 is 23.2. The number of hydrogen-bond acceptors (Lipinski definition) is 4. The van der Waals surface area contributed by atoms with Gasteiger partial charge in [0.1, 0.15) is 0 Å². The van der Waals surface area contributed by atoms with Crippen LogP contribution in [-0.2, 0) is 19.4 Å². The zero-order chi connectivity index (χ0) is 15.9. The number of amides is 2. The first-order valence-corrected chi connectivity index (χ1v) is 9.62. The van der Waals surface area contributed by atoms with Gasteiger partial charge in [0.15, 0.2) is 9.84 Å². The highest BCUT2D eigenvalue weighted by atomic mass is 32.2. The molecular formula is C15H22N2O4S. The first-order valence-electron chi connectivity index (χ1n) is 7.80. The molecule has 3 aliphatic heterocycles. The minimum absolute atomic E-state index is 0.0316. The fraction of sp³-hybridized carbons (Fsp3) is 0.733. The normalized spacial score (nSPS) is 31.5. The summed E-state index contributed by atoms with van der Waals surface area (Å²) in [6, 6.07) is -0.238.